The van der Waals surface area contributed by atoms with E-state index in [2.05, 4.69) is 12.2 Å². The van der Waals surface area contributed by atoms with Crippen LogP contribution in [0.3, 0.4) is 0 Å². The maximum Gasteiger partial charge on any atom is 0.419 e. The summed E-state index contributed by atoms with van der Waals surface area (Å²) in [5, 5.41) is 3.09. The first kappa shape index (κ1) is 18.0. The number of rotatable bonds is 7. The summed E-state index contributed by atoms with van der Waals surface area (Å²) in [5.74, 6) is -0.982. The molecule has 0 aliphatic rings. The third kappa shape index (κ3) is 4.70. The molecule has 0 radical (unpaired) electrons. The maximum absolute atomic E-state index is 13.4. The average molecular weight is 305 g/mol. The zero-order valence-corrected chi connectivity index (χ0v) is 12.7. The average Bonchev–Trinajstić information content (AvgIpc) is 2.43. The van der Waals surface area contributed by atoms with Crippen molar-refractivity contribution < 1.29 is 17.6 Å². The van der Waals surface area contributed by atoms with Crippen LogP contribution in [0.2, 0.25) is 0 Å². The lowest BCUT2D eigenvalue weighted by molar-refractivity contribution is -0.140. The predicted octanol–water partition coefficient (Wildman–Crippen LogP) is 5.32. The lowest BCUT2D eigenvalue weighted by atomic mass is 9.86. The van der Waals surface area contributed by atoms with Crippen LogP contribution in [0.4, 0.5) is 17.6 Å². The van der Waals surface area contributed by atoms with Gasteiger partial charge in [0.2, 0.25) is 0 Å². The van der Waals surface area contributed by atoms with Gasteiger partial charge in [0.25, 0.3) is 0 Å². The lowest BCUT2D eigenvalue weighted by Crippen LogP contribution is -2.25. The van der Waals surface area contributed by atoms with Crippen molar-refractivity contribution in [2.45, 2.75) is 51.7 Å². The number of hydrogen-bond donors (Lipinski definition) is 1. The molecule has 1 rings (SSSR count). The highest BCUT2D eigenvalue weighted by molar-refractivity contribution is 5.30. The highest BCUT2D eigenvalue weighted by Crippen LogP contribution is 2.35. The standard InChI is InChI=1S/C16H23F4N/c1-4-6-7-11(5-2)15(21-3)12-8-9-14(17)13(10-12)16(18,19)20/h8-11,15,21H,4-7H2,1-3H3. The molecule has 0 heterocycles. The first-order chi connectivity index (χ1) is 9.85. The summed E-state index contributed by atoms with van der Waals surface area (Å²) in [5.41, 5.74) is -0.695. The van der Waals surface area contributed by atoms with Crippen molar-refractivity contribution in [3.8, 4) is 0 Å². The Kier molecular flexibility index (Phi) is 6.65. The van der Waals surface area contributed by atoms with Crippen LogP contribution in [0, 0.1) is 11.7 Å². The number of hydrogen-bond acceptors (Lipinski definition) is 1. The molecule has 1 aromatic rings. The molecule has 120 valence electrons. The molecule has 2 unspecified atom stereocenters. The molecule has 0 aliphatic heterocycles. The number of unbranched alkanes of at least 4 members (excludes halogenated alkanes) is 1. The Hall–Kier alpha value is -1.10. The van der Waals surface area contributed by atoms with E-state index in [1.807, 2.05) is 6.92 Å². The van der Waals surface area contributed by atoms with Crippen molar-refractivity contribution in [2.75, 3.05) is 7.05 Å². The minimum Gasteiger partial charge on any atom is -0.313 e. The van der Waals surface area contributed by atoms with Crippen molar-refractivity contribution >= 4 is 0 Å². The van der Waals surface area contributed by atoms with Crippen LogP contribution in [0.1, 0.15) is 56.7 Å². The fraction of sp³-hybridized carbons (Fsp3) is 0.625. The molecule has 1 N–H and O–H groups in total. The van der Waals surface area contributed by atoms with Gasteiger partial charge >= 0.3 is 6.18 Å². The van der Waals surface area contributed by atoms with Crippen molar-refractivity contribution in [2.24, 2.45) is 5.92 Å². The number of nitrogens with one attached hydrogen (secondary N) is 1. The zero-order chi connectivity index (χ0) is 16.0. The Morgan fingerprint density at radius 2 is 1.86 bits per heavy atom. The van der Waals surface area contributed by atoms with Gasteiger partial charge in [0, 0.05) is 6.04 Å². The lowest BCUT2D eigenvalue weighted by Gasteiger charge is -2.27. The topological polar surface area (TPSA) is 12.0 Å². The molecule has 0 spiro atoms. The molecular formula is C16H23F4N. The molecule has 1 aromatic carbocycles. The Balaban J connectivity index is 3.10. The van der Waals surface area contributed by atoms with E-state index in [-0.39, 0.29) is 12.0 Å². The van der Waals surface area contributed by atoms with E-state index >= 15 is 0 Å². The largest absolute Gasteiger partial charge is 0.419 e. The molecule has 0 aliphatic carbocycles. The minimum absolute atomic E-state index is 0.191. The van der Waals surface area contributed by atoms with Gasteiger partial charge in [-0.3, -0.25) is 0 Å². The molecule has 21 heavy (non-hydrogen) atoms. The van der Waals surface area contributed by atoms with Gasteiger partial charge in [-0.15, -0.1) is 0 Å². The van der Waals surface area contributed by atoms with E-state index in [1.165, 1.54) is 6.07 Å². The minimum atomic E-state index is -4.66. The Morgan fingerprint density at radius 3 is 2.33 bits per heavy atom. The van der Waals surface area contributed by atoms with E-state index in [1.54, 1.807) is 7.05 Å². The van der Waals surface area contributed by atoms with E-state index in [9.17, 15) is 17.6 Å². The summed E-state index contributed by atoms with van der Waals surface area (Å²) in [6.07, 6.45) is -0.779. The Morgan fingerprint density at radius 1 is 1.19 bits per heavy atom. The predicted molar refractivity (Wildman–Crippen MR) is 76.5 cm³/mol. The third-order valence-corrected chi connectivity index (χ3v) is 3.89. The molecule has 0 fully saturated rings. The van der Waals surface area contributed by atoms with Crippen LogP contribution < -0.4 is 5.32 Å². The zero-order valence-electron chi connectivity index (χ0n) is 12.7. The van der Waals surface area contributed by atoms with Gasteiger partial charge in [0.1, 0.15) is 5.82 Å². The van der Waals surface area contributed by atoms with Gasteiger partial charge in [0.15, 0.2) is 0 Å². The third-order valence-electron chi connectivity index (χ3n) is 3.89. The fourth-order valence-corrected chi connectivity index (χ4v) is 2.70. The summed E-state index contributed by atoms with van der Waals surface area (Å²) >= 11 is 0. The van der Waals surface area contributed by atoms with Crippen molar-refractivity contribution in [1.29, 1.82) is 0 Å². The van der Waals surface area contributed by atoms with Gasteiger partial charge in [0.05, 0.1) is 5.56 Å². The summed E-state index contributed by atoms with van der Waals surface area (Å²) in [6, 6.07) is 3.10. The number of alkyl halides is 3. The first-order valence-corrected chi connectivity index (χ1v) is 7.39. The van der Waals surface area contributed by atoms with E-state index in [0.29, 0.717) is 5.56 Å². The monoisotopic (exact) mass is 305 g/mol. The van der Waals surface area contributed by atoms with Gasteiger partial charge < -0.3 is 5.32 Å². The molecule has 5 heteroatoms. The van der Waals surface area contributed by atoms with Crippen LogP contribution >= 0.6 is 0 Å². The van der Waals surface area contributed by atoms with E-state index in [4.69, 9.17) is 0 Å². The SMILES string of the molecule is CCCCC(CC)C(NC)c1ccc(F)c(C(F)(F)F)c1. The second kappa shape index (κ2) is 7.78. The fourth-order valence-electron chi connectivity index (χ4n) is 2.70. The summed E-state index contributed by atoms with van der Waals surface area (Å²) in [7, 11) is 1.73. The van der Waals surface area contributed by atoms with Crippen LogP contribution in [-0.2, 0) is 6.18 Å². The molecule has 0 bridgehead atoms. The van der Waals surface area contributed by atoms with Gasteiger partial charge in [-0.05, 0) is 37.1 Å². The second-order valence-electron chi connectivity index (χ2n) is 5.31. The quantitative estimate of drug-likeness (QED) is 0.672. The smallest absolute Gasteiger partial charge is 0.313 e. The van der Waals surface area contributed by atoms with Crippen LogP contribution in [0.15, 0.2) is 18.2 Å². The molecule has 0 amide bonds. The Bertz CT molecular complexity index is 442. The Labute approximate surface area is 123 Å². The van der Waals surface area contributed by atoms with Gasteiger partial charge in [-0.1, -0.05) is 39.2 Å². The normalized spacial score (nSPS) is 15.0. The van der Waals surface area contributed by atoms with Crippen LogP contribution in [-0.4, -0.2) is 7.05 Å². The van der Waals surface area contributed by atoms with E-state index in [0.717, 1.165) is 37.8 Å². The van der Waals surface area contributed by atoms with Gasteiger partial charge in [-0.2, -0.15) is 13.2 Å². The molecule has 2 atom stereocenters. The maximum atomic E-state index is 13.4. The second-order valence-corrected chi connectivity index (χ2v) is 5.31. The highest BCUT2D eigenvalue weighted by atomic mass is 19.4. The van der Waals surface area contributed by atoms with Crippen molar-refractivity contribution in [3.63, 3.8) is 0 Å². The molecular weight excluding hydrogens is 282 g/mol. The molecule has 0 saturated carbocycles. The molecule has 0 saturated heterocycles. The van der Waals surface area contributed by atoms with Crippen LogP contribution in [0.5, 0.6) is 0 Å². The van der Waals surface area contributed by atoms with Crippen molar-refractivity contribution in [3.05, 3.63) is 35.1 Å². The van der Waals surface area contributed by atoms with Crippen molar-refractivity contribution in [1.82, 2.24) is 5.32 Å². The first-order valence-electron chi connectivity index (χ1n) is 7.39. The summed E-state index contributed by atoms with van der Waals surface area (Å²) in [6.45, 7) is 4.11. The van der Waals surface area contributed by atoms with Gasteiger partial charge in [-0.25, -0.2) is 4.39 Å². The summed E-state index contributed by atoms with van der Waals surface area (Å²) in [4.78, 5) is 0. The highest BCUT2D eigenvalue weighted by Gasteiger charge is 2.35. The van der Waals surface area contributed by atoms with E-state index < -0.39 is 17.6 Å². The molecule has 0 aromatic heterocycles. The molecule has 1 nitrogen and oxygen atoms in total. The number of halogens is 4. The summed E-state index contributed by atoms with van der Waals surface area (Å²) < 4.78 is 51.8. The van der Waals surface area contributed by atoms with Crippen LogP contribution in [0.25, 0.3) is 0 Å². The number of benzene rings is 1.